The molecule has 2 heterocycles. The van der Waals surface area contributed by atoms with Gasteiger partial charge in [0.2, 0.25) is 0 Å². The number of benzene rings is 2. The summed E-state index contributed by atoms with van der Waals surface area (Å²) in [5, 5.41) is 7.06. The molecule has 1 aromatic heterocycles. The first-order chi connectivity index (χ1) is 20.1. The van der Waals surface area contributed by atoms with Crippen LogP contribution in [0, 0.1) is 11.8 Å². The molecule has 2 aromatic carbocycles. The van der Waals surface area contributed by atoms with Crippen LogP contribution in [0.2, 0.25) is 0 Å². The number of anilines is 2. The topological polar surface area (TPSA) is 75.6 Å². The molecule has 43 heavy (non-hydrogen) atoms. The lowest BCUT2D eigenvalue weighted by molar-refractivity contribution is -0.136. The Labute approximate surface area is 250 Å². The van der Waals surface area contributed by atoms with E-state index < -0.39 is 34.6 Å². The maximum absolute atomic E-state index is 15.2. The van der Waals surface area contributed by atoms with Gasteiger partial charge in [0.15, 0.2) is 9.84 Å². The van der Waals surface area contributed by atoms with Crippen molar-refractivity contribution in [2.75, 3.05) is 43.6 Å². The molecule has 1 aliphatic rings. The van der Waals surface area contributed by atoms with E-state index in [1.807, 2.05) is 6.07 Å². The first kappa shape index (κ1) is 32.5. The lowest BCUT2D eigenvalue weighted by Gasteiger charge is -2.42. The Morgan fingerprint density at radius 3 is 2.47 bits per heavy atom. The van der Waals surface area contributed by atoms with Gasteiger partial charge in [-0.05, 0) is 63.4 Å². The highest BCUT2D eigenvalue weighted by Gasteiger charge is 2.34. The summed E-state index contributed by atoms with van der Waals surface area (Å²) in [6.07, 6.45) is -4.79. The molecule has 0 saturated carbocycles. The molecule has 0 unspecified atom stereocenters. The quantitative estimate of drug-likeness (QED) is 0.234. The Hall–Kier alpha value is -3.43. The van der Waals surface area contributed by atoms with Gasteiger partial charge >= 0.3 is 6.18 Å². The third-order valence-corrected chi connectivity index (χ3v) is 8.69. The number of aromatic nitrogens is 1. The number of hydrogen-bond donors (Lipinski definition) is 2. The molecule has 0 spiro atoms. The number of hydrogen-bond acceptors (Lipinski definition) is 6. The summed E-state index contributed by atoms with van der Waals surface area (Å²) in [6, 6.07) is 11.0. The van der Waals surface area contributed by atoms with Gasteiger partial charge in [-0.3, -0.25) is 4.90 Å². The van der Waals surface area contributed by atoms with Crippen molar-refractivity contribution >= 4 is 32.1 Å². The monoisotopic (exact) mass is 622 g/mol. The standard InChI is InChI=1S/C31H38F4N4O3S/c1-30(2,3)38-16-13-26(24(32)20-38)37-25-9-6-10-28-23(25)18-21(39(28)17-14-31(33,34)35)8-7-15-36-27-12-11-22(43(5,40)41)19-29(27)42-4/h6,9-12,18-19,24,26,36-37H,13-17,20H2,1-5H3/t24-,26+/m1/s1. The Balaban J connectivity index is 1.59. The minimum atomic E-state index is -4.35. The molecule has 1 fully saturated rings. The summed E-state index contributed by atoms with van der Waals surface area (Å²) < 4.78 is 85.5. The molecule has 12 heteroatoms. The zero-order chi connectivity index (χ0) is 31.6. The van der Waals surface area contributed by atoms with Crippen LogP contribution in [0.15, 0.2) is 47.4 Å². The summed E-state index contributed by atoms with van der Waals surface area (Å²) in [6.45, 7) is 7.01. The third kappa shape index (κ3) is 8.15. The van der Waals surface area contributed by atoms with Gasteiger partial charge in [-0.15, -0.1) is 0 Å². The van der Waals surface area contributed by atoms with Crippen LogP contribution in [0.4, 0.5) is 28.9 Å². The van der Waals surface area contributed by atoms with E-state index in [-0.39, 0.29) is 23.5 Å². The van der Waals surface area contributed by atoms with Crippen molar-refractivity contribution in [1.29, 1.82) is 0 Å². The number of likely N-dealkylation sites (tertiary alicyclic amines) is 1. The Morgan fingerprint density at radius 2 is 1.84 bits per heavy atom. The molecule has 0 amide bonds. The van der Waals surface area contributed by atoms with E-state index in [4.69, 9.17) is 4.74 Å². The van der Waals surface area contributed by atoms with Crippen molar-refractivity contribution in [1.82, 2.24) is 9.47 Å². The van der Waals surface area contributed by atoms with Crippen molar-refractivity contribution < 1.29 is 30.7 Å². The molecule has 7 nitrogen and oxygen atoms in total. The number of sulfone groups is 1. The van der Waals surface area contributed by atoms with E-state index in [1.165, 1.54) is 23.8 Å². The van der Waals surface area contributed by atoms with Crippen LogP contribution in [-0.4, -0.2) is 74.8 Å². The highest BCUT2D eigenvalue weighted by Crippen LogP contribution is 2.32. The van der Waals surface area contributed by atoms with Crippen LogP contribution in [0.3, 0.4) is 0 Å². The van der Waals surface area contributed by atoms with Gasteiger partial charge in [-0.25, -0.2) is 12.8 Å². The fourth-order valence-electron chi connectivity index (χ4n) is 5.19. The predicted octanol–water partition coefficient (Wildman–Crippen LogP) is 6.09. The van der Waals surface area contributed by atoms with Gasteiger partial charge in [0.05, 0.1) is 47.9 Å². The first-order valence-corrected chi connectivity index (χ1v) is 15.9. The fraction of sp³-hybridized carbons (Fsp3) is 0.484. The third-order valence-electron chi connectivity index (χ3n) is 7.58. The first-order valence-electron chi connectivity index (χ1n) is 14.0. The summed E-state index contributed by atoms with van der Waals surface area (Å²) in [5.41, 5.74) is 2.00. The maximum Gasteiger partial charge on any atom is 0.390 e. The van der Waals surface area contributed by atoms with Crippen molar-refractivity contribution in [3.63, 3.8) is 0 Å². The predicted molar refractivity (Wildman–Crippen MR) is 162 cm³/mol. The number of nitrogens with zero attached hydrogens (tertiary/aromatic N) is 2. The van der Waals surface area contributed by atoms with Gasteiger partial charge in [-0.1, -0.05) is 12.0 Å². The van der Waals surface area contributed by atoms with E-state index in [9.17, 15) is 21.6 Å². The van der Waals surface area contributed by atoms with Gasteiger partial charge in [0.1, 0.15) is 11.9 Å². The second kappa shape index (κ2) is 12.7. The minimum Gasteiger partial charge on any atom is -0.495 e. The number of halogens is 4. The van der Waals surface area contributed by atoms with Crippen LogP contribution in [-0.2, 0) is 16.4 Å². The molecule has 3 aromatic rings. The van der Waals surface area contributed by atoms with E-state index >= 15 is 4.39 Å². The molecule has 1 saturated heterocycles. The lowest BCUT2D eigenvalue weighted by atomic mass is 9.96. The van der Waals surface area contributed by atoms with E-state index in [0.29, 0.717) is 46.7 Å². The summed E-state index contributed by atoms with van der Waals surface area (Å²) in [7, 11) is -2.00. The normalized spacial score (nSPS) is 18.3. The number of alkyl halides is 4. The molecule has 0 radical (unpaired) electrons. The molecule has 4 rings (SSSR count). The molecule has 0 aliphatic carbocycles. The summed E-state index contributed by atoms with van der Waals surface area (Å²) >= 11 is 0. The Kier molecular flexibility index (Phi) is 9.57. The molecule has 234 valence electrons. The number of fused-ring (bicyclic) bond motifs is 1. The summed E-state index contributed by atoms with van der Waals surface area (Å²) in [4.78, 5) is 2.22. The van der Waals surface area contributed by atoms with E-state index in [0.717, 1.165) is 12.8 Å². The Morgan fingerprint density at radius 1 is 1.09 bits per heavy atom. The molecule has 2 atom stereocenters. The zero-order valence-corrected chi connectivity index (χ0v) is 25.8. The number of aryl methyl sites for hydroxylation is 1. The van der Waals surface area contributed by atoms with Crippen molar-refractivity contribution in [2.45, 2.75) is 69.0 Å². The highest BCUT2D eigenvalue weighted by molar-refractivity contribution is 7.90. The van der Waals surface area contributed by atoms with Gasteiger partial charge < -0.3 is 19.9 Å². The van der Waals surface area contributed by atoms with Crippen LogP contribution in [0.1, 0.15) is 39.3 Å². The molecular formula is C31H38F4N4O3S. The van der Waals surface area contributed by atoms with Crippen LogP contribution in [0.5, 0.6) is 5.75 Å². The minimum absolute atomic E-state index is 0.110. The van der Waals surface area contributed by atoms with Crippen LogP contribution < -0.4 is 15.4 Å². The van der Waals surface area contributed by atoms with Gasteiger partial charge in [-0.2, -0.15) is 13.2 Å². The van der Waals surface area contributed by atoms with Crippen molar-refractivity contribution in [2.24, 2.45) is 0 Å². The van der Waals surface area contributed by atoms with E-state index in [1.54, 1.807) is 24.3 Å². The number of methoxy groups -OCH3 is 1. The lowest BCUT2D eigenvalue weighted by Crippen LogP contribution is -2.54. The number of ether oxygens (including phenoxy) is 1. The molecule has 0 bridgehead atoms. The Bertz CT molecular complexity index is 1620. The van der Waals surface area contributed by atoms with Crippen molar-refractivity contribution in [3.05, 3.63) is 48.2 Å². The summed E-state index contributed by atoms with van der Waals surface area (Å²) in [5.74, 6) is 6.25. The number of rotatable bonds is 8. The second-order valence-electron chi connectivity index (χ2n) is 11.7. The maximum atomic E-state index is 15.2. The fourth-order valence-corrected chi connectivity index (χ4v) is 5.83. The van der Waals surface area contributed by atoms with Gasteiger partial charge in [0, 0.05) is 48.6 Å². The van der Waals surface area contributed by atoms with Crippen molar-refractivity contribution in [3.8, 4) is 17.6 Å². The average Bonchev–Trinajstić information content (AvgIpc) is 3.27. The SMILES string of the molecule is COc1cc(S(C)(=O)=O)ccc1NCC#Cc1cc2c(N[C@H]3CCN(C(C)(C)C)C[C@H]3F)cccc2n1CCC(F)(F)F. The van der Waals surface area contributed by atoms with E-state index in [2.05, 4.69) is 48.1 Å². The van der Waals surface area contributed by atoms with Gasteiger partial charge in [0.25, 0.3) is 0 Å². The highest BCUT2D eigenvalue weighted by atomic mass is 32.2. The van der Waals surface area contributed by atoms with Crippen LogP contribution in [0.25, 0.3) is 10.9 Å². The second-order valence-corrected chi connectivity index (χ2v) is 13.8. The number of piperidine rings is 1. The number of nitrogens with one attached hydrogen (secondary N) is 2. The smallest absolute Gasteiger partial charge is 0.390 e. The largest absolute Gasteiger partial charge is 0.495 e. The molecule has 1 aliphatic heterocycles. The van der Waals surface area contributed by atoms with Crippen LogP contribution >= 0.6 is 0 Å². The zero-order valence-electron chi connectivity index (χ0n) is 25.0. The molecular weight excluding hydrogens is 584 g/mol. The average molecular weight is 623 g/mol. The molecule has 2 N–H and O–H groups in total.